The van der Waals surface area contributed by atoms with Gasteiger partial charge in [0.05, 0.1) is 14.2 Å². The van der Waals surface area contributed by atoms with Crippen molar-refractivity contribution >= 4 is 28.9 Å². The lowest BCUT2D eigenvalue weighted by atomic mass is 10.1. The Morgan fingerprint density at radius 1 is 1.12 bits per heavy atom. The van der Waals surface area contributed by atoms with Gasteiger partial charge in [-0.2, -0.15) is 0 Å². The van der Waals surface area contributed by atoms with Gasteiger partial charge in [0, 0.05) is 22.5 Å². The van der Waals surface area contributed by atoms with Crippen LogP contribution in [0, 0.1) is 6.92 Å². The van der Waals surface area contributed by atoms with Crippen molar-refractivity contribution in [1.82, 2.24) is 0 Å². The lowest BCUT2D eigenvalue weighted by Crippen LogP contribution is -2.32. The smallest absolute Gasteiger partial charge is 0.246 e. The Morgan fingerprint density at radius 3 is 2.50 bits per heavy atom. The fourth-order valence-corrected chi connectivity index (χ4v) is 2.40. The Hall–Kier alpha value is -2.40. The number of carbonyl (C=O) groups excluding carboxylic acids is 1. The Morgan fingerprint density at radius 2 is 1.83 bits per heavy atom. The molecule has 0 aliphatic heterocycles. The largest absolute Gasteiger partial charge is 0.493 e. The van der Waals surface area contributed by atoms with Crippen molar-refractivity contribution in [3.8, 4) is 11.5 Å². The van der Waals surface area contributed by atoms with Crippen molar-refractivity contribution in [2.45, 2.75) is 19.9 Å². The minimum absolute atomic E-state index is 0.165. The molecular formula is C18H21ClN2O3. The van der Waals surface area contributed by atoms with E-state index < -0.39 is 6.04 Å². The van der Waals surface area contributed by atoms with E-state index in [4.69, 9.17) is 21.1 Å². The molecule has 2 aromatic rings. The molecule has 2 N–H and O–H groups in total. The van der Waals surface area contributed by atoms with Crippen LogP contribution in [0.4, 0.5) is 11.4 Å². The van der Waals surface area contributed by atoms with E-state index in [9.17, 15) is 4.79 Å². The maximum absolute atomic E-state index is 12.4. The highest BCUT2D eigenvalue weighted by atomic mass is 35.5. The summed E-state index contributed by atoms with van der Waals surface area (Å²) in [7, 11) is 3.12. The topological polar surface area (TPSA) is 59.6 Å². The van der Waals surface area contributed by atoms with Crippen molar-refractivity contribution in [3.05, 3.63) is 47.0 Å². The molecule has 1 atom stereocenters. The molecular weight excluding hydrogens is 328 g/mol. The van der Waals surface area contributed by atoms with E-state index in [2.05, 4.69) is 10.6 Å². The predicted molar refractivity (Wildman–Crippen MR) is 97.4 cm³/mol. The first-order chi connectivity index (χ1) is 11.5. The minimum Gasteiger partial charge on any atom is -0.493 e. The van der Waals surface area contributed by atoms with Crippen molar-refractivity contribution < 1.29 is 14.3 Å². The number of benzene rings is 2. The molecule has 0 fully saturated rings. The zero-order chi connectivity index (χ0) is 17.7. The van der Waals surface area contributed by atoms with Gasteiger partial charge in [0.25, 0.3) is 0 Å². The number of amides is 1. The van der Waals surface area contributed by atoms with E-state index in [1.807, 2.05) is 25.1 Å². The van der Waals surface area contributed by atoms with Crippen LogP contribution in [0.5, 0.6) is 11.5 Å². The summed E-state index contributed by atoms with van der Waals surface area (Å²) < 4.78 is 10.4. The molecule has 0 spiro atoms. The Kier molecular flexibility index (Phi) is 5.93. The van der Waals surface area contributed by atoms with Gasteiger partial charge in [0.1, 0.15) is 6.04 Å². The van der Waals surface area contributed by atoms with Gasteiger partial charge < -0.3 is 20.1 Å². The Balaban J connectivity index is 2.07. The van der Waals surface area contributed by atoms with Crippen molar-refractivity contribution in [1.29, 1.82) is 0 Å². The van der Waals surface area contributed by atoms with E-state index in [1.165, 1.54) is 0 Å². The van der Waals surface area contributed by atoms with Gasteiger partial charge in [-0.1, -0.05) is 17.7 Å². The first-order valence-corrected chi connectivity index (χ1v) is 7.88. The number of rotatable bonds is 6. The van der Waals surface area contributed by atoms with Crippen LogP contribution in [0.3, 0.4) is 0 Å². The molecule has 0 bridgehead atoms. The number of nitrogens with one attached hydrogen (secondary N) is 2. The molecule has 1 unspecified atom stereocenters. The molecule has 2 aromatic carbocycles. The second-order valence-corrected chi connectivity index (χ2v) is 5.74. The maximum Gasteiger partial charge on any atom is 0.246 e. The third-order valence-electron chi connectivity index (χ3n) is 3.68. The van der Waals surface area contributed by atoms with Gasteiger partial charge >= 0.3 is 0 Å². The molecule has 0 heterocycles. The van der Waals surface area contributed by atoms with Gasteiger partial charge in [-0.25, -0.2) is 0 Å². The monoisotopic (exact) mass is 348 g/mol. The number of methoxy groups -OCH3 is 2. The lowest BCUT2D eigenvalue weighted by molar-refractivity contribution is -0.116. The van der Waals surface area contributed by atoms with Crippen LogP contribution in [0.2, 0.25) is 5.02 Å². The van der Waals surface area contributed by atoms with E-state index in [0.717, 1.165) is 11.3 Å². The number of anilines is 2. The molecule has 2 rings (SSSR count). The van der Waals surface area contributed by atoms with Crippen LogP contribution in [0.15, 0.2) is 36.4 Å². The number of halogens is 1. The van der Waals surface area contributed by atoms with Gasteiger partial charge in [-0.15, -0.1) is 0 Å². The van der Waals surface area contributed by atoms with E-state index in [0.29, 0.717) is 22.2 Å². The van der Waals surface area contributed by atoms with E-state index in [-0.39, 0.29) is 5.91 Å². The molecule has 0 aliphatic carbocycles. The van der Waals surface area contributed by atoms with Gasteiger partial charge in [-0.3, -0.25) is 4.79 Å². The third kappa shape index (κ3) is 4.11. The normalized spacial score (nSPS) is 11.5. The molecule has 0 saturated heterocycles. The summed E-state index contributed by atoms with van der Waals surface area (Å²) >= 11 is 6.10. The molecule has 0 saturated carbocycles. The number of carbonyl (C=O) groups is 1. The van der Waals surface area contributed by atoms with E-state index in [1.54, 1.807) is 39.3 Å². The molecule has 0 aliphatic rings. The SMILES string of the molecule is COc1ccc(NC(=O)C(C)Nc2cccc(Cl)c2C)cc1OC. The minimum atomic E-state index is -0.435. The van der Waals surface area contributed by atoms with Crippen molar-refractivity contribution in [3.63, 3.8) is 0 Å². The van der Waals surface area contributed by atoms with Gasteiger partial charge in [-0.05, 0) is 43.7 Å². The van der Waals surface area contributed by atoms with Crippen LogP contribution >= 0.6 is 11.6 Å². The first-order valence-electron chi connectivity index (χ1n) is 7.50. The number of hydrogen-bond donors (Lipinski definition) is 2. The number of ether oxygens (including phenoxy) is 2. The molecule has 0 aromatic heterocycles. The van der Waals surface area contributed by atoms with Crippen LogP contribution in [0.25, 0.3) is 0 Å². The zero-order valence-electron chi connectivity index (χ0n) is 14.1. The van der Waals surface area contributed by atoms with Crippen molar-refractivity contribution in [2.75, 3.05) is 24.9 Å². The average Bonchev–Trinajstić information content (AvgIpc) is 2.58. The van der Waals surface area contributed by atoms with Crippen LogP contribution in [-0.4, -0.2) is 26.2 Å². The highest BCUT2D eigenvalue weighted by Crippen LogP contribution is 2.30. The Bertz CT molecular complexity index is 734. The summed E-state index contributed by atoms with van der Waals surface area (Å²) in [4.78, 5) is 12.4. The molecule has 24 heavy (non-hydrogen) atoms. The fourth-order valence-electron chi connectivity index (χ4n) is 2.23. The quantitative estimate of drug-likeness (QED) is 0.825. The number of hydrogen-bond acceptors (Lipinski definition) is 4. The molecule has 5 nitrogen and oxygen atoms in total. The summed E-state index contributed by atoms with van der Waals surface area (Å²) in [6.45, 7) is 3.69. The summed E-state index contributed by atoms with van der Waals surface area (Å²) in [5.74, 6) is 0.999. The third-order valence-corrected chi connectivity index (χ3v) is 4.09. The lowest BCUT2D eigenvalue weighted by Gasteiger charge is -2.18. The molecule has 128 valence electrons. The summed E-state index contributed by atoms with van der Waals surface area (Å²) in [6.07, 6.45) is 0. The predicted octanol–water partition coefficient (Wildman–Crippen LogP) is 4.10. The average molecular weight is 349 g/mol. The standard InChI is InChI=1S/C18H21ClN2O3/c1-11-14(19)6-5-7-15(11)20-12(2)18(22)21-13-8-9-16(23-3)17(10-13)24-4/h5-10,12,20H,1-4H3,(H,21,22). The maximum atomic E-state index is 12.4. The summed E-state index contributed by atoms with van der Waals surface area (Å²) in [5.41, 5.74) is 2.37. The van der Waals surface area contributed by atoms with Gasteiger partial charge in [0.2, 0.25) is 5.91 Å². The molecule has 1 amide bonds. The van der Waals surface area contributed by atoms with Crippen LogP contribution < -0.4 is 20.1 Å². The Labute approximate surface area is 146 Å². The highest BCUT2D eigenvalue weighted by molar-refractivity contribution is 6.31. The van der Waals surface area contributed by atoms with E-state index >= 15 is 0 Å². The summed E-state index contributed by atoms with van der Waals surface area (Å²) in [5, 5.41) is 6.68. The molecule has 0 radical (unpaired) electrons. The van der Waals surface area contributed by atoms with Crippen LogP contribution in [0.1, 0.15) is 12.5 Å². The summed E-state index contributed by atoms with van der Waals surface area (Å²) in [6, 6.07) is 10.3. The first kappa shape index (κ1) is 17.9. The molecule has 6 heteroatoms. The van der Waals surface area contributed by atoms with Crippen LogP contribution in [-0.2, 0) is 4.79 Å². The van der Waals surface area contributed by atoms with Gasteiger partial charge in [0.15, 0.2) is 11.5 Å². The van der Waals surface area contributed by atoms with Crippen molar-refractivity contribution in [2.24, 2.45) is 0 Å². The highest BCUT2D eigenvalue weighted by Gasteiger charge is 2.15. The fraction of sp³-hybridized carbons (Fsp3) is 0.278. The second kappa shape index (κ2) is 7.93. The zero-order valence-corrected chi connectivity index (χ0v) is 14.9. The second-order valence-electron chi connectivity index (χ2n) is 5.34.